The van der Waals surface area contributed by atoms with Crippen molar-refractivity contribution in [1.29, 1.82) is 0 Å². The van der Waals surface area contributed by atoms with Crippen LogP contribution < -0.4 is 0 Å². The van der Waals surface area contributed by atoms with Crippen molar-refractivity contribution in [1.82, 2.24) is 4.90 Å². The highest BCUT2D eigenvalue weighted by Gasteiger charge is 2.37. The number of piperidine rings is 1. The van der Waals surface area contributed by atoms with Crippen LogP contribution in [0.1, 0.15) is 52.4 Å². The Labute approximate surface area is 118 Å². The van der Waals surface area contributed by atoms with Crippen molar-refractivity contribution in [2.75, 3.05) is 39.5 Å². The van der Waals surface area contributed by atoms with E-state index >= 15 is 0 Å². The van der Waals surface area contributed by atoms with Gasteiger partial charge in [-0.3, -0.25) is 0 Å². The van der Waals surface area contributed by atoms with Gasteiger partial charge in [-0.2, -0.15) is 0 Å². The van der Waals surface area contributed by atoms with E-state index in [-0.39, 0.29) is 12.0 Å². The highest BCUT2D eigenvalue weighted by atomic mass is 16.5. The summed E-state index contributed by atoms with van der Waals surface area (Å²) in [7, 11) is 0. The lowest BCUT2D eigenvalue weighted by atomic mass is 9.73. The second-order valence-corrected chi connectivity index (χ2v) is 6.80. The number of rotatable bonds is 5. The zero-order valence-electron chi connectivity index (χ0n) is 12.8. The van der Waals surface area contributed by atoms with Crippen molar-refractivity contribution < 1.29 is 9.84 Å². The largest absolute Gasteiger partial charge is 0.396 e. The maximum absolute atomic E-state index is 9.76. The first-order chi connectivity index (χ1) is 9.17. The molecule has 3 heteroatoms. The van der Waals surface area contributed by atoms with E-state index < -0.39 is 0 Å². The Morgan fingerprint density at radius 3 is 2.21 bits per heavy atom. The Morgan fingerprint density at radius 2 is 1.74 bits per heavy atom. The fourth-order valence-corrected chi connectivity index (χ4v) is 3.83. The lowest BCUT2D eigenvalue weighted by Crippen LogP contribution is -2.49. The van der Waals surface area contributed by atoms with Crippen LogP contribution in [-0.4, -0.2) is 49.5 Å². The summed E-state index contributed by atoms with van der Waals surface area (Å²) in [5.41, 5.74) is 0.600. The third-order valence-electron chi connectivity index (χ3n) is 5.72. The summed E-state index contributed by atoms with van der Waals surface area (Å²) in [6.45, 7) is 9.98. The molecular formula is C16H31NO2. The predicted molar refractivity (Wildman–Crippen MR) is 78.3 cm³/mol. The molecule has 2 aliphatic heterocycles. The maximum Gasteiger partial charge on any atom is 0.0556 e. The van der Waals surface area contributed by atoms with Crippen molar-refractivity contribution >= 4 is 0 Å². The molecule has 0 radical (unpaired) electrons. The quantitative estimate of drug-likeness (QED) is 0.833. The second-order valence-electron chi connectivity index (χ2n) is 6.80. The molecular weight excluding hydrogens is 238 g/mol. The lowest BCUT2D eigenvalue weighted by molar-refractivity contribution is -0.0628. The first kappa shape index (κ1) is 15.3. The molecule has 0 aromatic heterocycles. The normalized spacial score (nSPS) is 32.4. The highest BCUT2D eigenvalue weighted by molar-refractivity contribution is 4.89. The lowest BCUT2D eigenvalue weighted by Gasteiger charge is -2.45. The number of hydrogen-bond donors (Lipinski definition) is 1. The smallest absolute Gasteiger partial charge is 0.0556 e. The van der Waals surface area contributed by atoms with Crippen LogP contribution in [0.3, 0.4) is 0 Å². The minimum atomic E-state index is 0.0106. The van der Waals surface area contributed by atoms with Gasteiger partial charge in [-0.25, -0.2) is 0 Å². The van der Waals surface area contributed by atoms with Crippen LogP contribution in [0.4, 0.5) is 0 Å². The van der Waals surface area contributed by atoms with Gasteiger partial charge in [0.2, 0.25) is 0 Å². The van der Waals surface area contributed by atoms with Gasteiger partial charge in [-0.05, 0) is 44.2 Å². The van der Waals surface area contributed by atoms with E-state index in [2.05, 4.69) is 18.7 Å². The molecule has 0 spiro atoms. The first-order valence-corrected chi connectivity index (χ1v) is 8.08. The Balaban J connectivity index is 1.87. The maximum atomic E-state index is 9.76. The van der Waals surface area contributed by atoms with Gasteiger partial charge >= 0.3 is 0 Å². The van der Waals surface area contributed by atoms with E-state index in [4.69, 9.17) is 4.74 Å². The van der Waals surface area contributed by atoms with Gasteiger partial charge in [-0.15, -0.1) is 0 Å². The average molecular weight is 269 g/mol. The molecule has 2 aliphatic rings. The Hall–Kier alpha value is -0.120. The molecule has 0 saturated carbocycles. The minimum Gasteiger partial charge on any atom is -0.396 e. The van der Waals surface area contributed by atoms with Gasteiger partial charge in [0.25, 0.3) is 0 Å². The summed E-state index contributed by atoms with van der Waals surface area (Å²) in [6.07, 6.45) is 7.48. The molecule has 2 heterocycles. The zero-order chi connectivity index (χ0) is 13.8. The number of aliphatic hydroxyl groups is 1. The average Bonchev–Trinajstić information content (AvgIpc) is 2.49. The van der Waals surface area contributed by atoms with Gasteiger partial charge in [0.05, 0.1) is 13.2 Å². The third-order valence-corrected chi connectivity index (χ3v) is 5.72. The molecule has 0 bridgehead atoms. The highest BCUT2D eigenvalue weighted by Crippen LogP contribution is 2.39. The van der Waals surface area contributed by atoms with Gasteiger partial charge in [0, 0.05) is 18.6 Å². The van der Waals surface area contributed by atoms with E-state index in [9.17, 15) is 5.11 Å². The molecule has 2 saturated heterocycles. The summed E-state index contributed by atoms with van der Waals surface area (Å²) in [5.74, 6) is 0. The topological polar surface area (TPSA) is 32.7 Å². The van der Waals surface area contributed by atoms with Crippen molar-refractivity contribution in [3.63, 3.8) is 0 Å². The molecule has 2 rings (SSSR count). The fourth-order valence-electron chi connectivity index (χ4n) is 3.83. The molecule has 0 aliphatic carbocycles. The molecule has 3 nitrogen and oxygen atoms in total. The standard InChI is InChI=1S/C16H31NO2/c1-3-15(4-2)7-9-17(10-8-15)12-16(13-18)6-5-11-19-14-16/h18H,3-14H2,1-2H3. The zero-order valence-corrected chi connectivity index (χ0v) is 12.8. The van der Waals surface area contributed by atoms with Crippen LogP contribution in [-0.2, 0) is 4.74 Å². The summed E-state index contributed by atoms with van der Waals surface area (Å²) in [4.78, 5) is 2.56. The molecule has 0 aromatic rings. The molecule has 1 atom stereocenters. The van der Waals surface area contributed by atoms with E-state index in [0.29, 0.717) is 5.41 Å². The Kier molecular flexibility index (Phi) is 5.27. The SMILES string of the molecule is CCC1(CC)CCN(CC2(CO)CCCOC2)CC1. The van der Waals surface area contributed by atoms with Crippen LogP contribution in [0.5, 0.6) is 0 Å². The minimum absolute atomic E-state index is 0.0106. The molecule has 2 fully saturated rings. The van der Waals surface area contributed by atoms with Crippen molar-refractivity contribution in [2.24, 2.45) is 10.8 Å². The number of hydrogen-bond acceptors (Lipinski definition) is 3. The summed E-state index contributed by atoms with van der Waals surface area (Å²) >= 11 is 0. The van der Waals surface area contributed by atoms with Crippen molar-refractivity contribution in [3.8, 4) is 0 Å². The second kappa shape index (κ2) is 6.55. The number of ether oxygens (including phenoxy) is 1. The van der Waals surface area contributed by atoms with Crippen molar-refractivity contribution in [3.05, 3.63) is 0 Å². The van der Waals surface area contributed by atoms with Gasteiger partial charge in [0.1, 0.15) is 0 Å². The number of nitrogens with zero attached hydrogens (tertiary/aromatic N) is 1. The number of likely N-dealkylation sites (tertiary alicyclic amines) is 1. The van der Waals surface area contributed by atoms with E-state index in [0.717, 1.165) is 32.6 Å². The molecule has 1 N–H and O–H groups in total. The molecule has 19 heavy (non-hydrogen) atoms. The molecule has 1 unspecified atom stereocenters. The van der Waals surface area contributed by atoms with Gasteiger partial charge in [-0.1, -0.05) is 26.7 Å². The predicted octanol–water partition coefficient (Wildman–Crippen LogP) is 2.68. The van der Waals surface area contributed by atoms with Crippen LogP contribution >= 0.6 is 0 Å². The summed E-state index contributed by atoms with van der Waals surface area (Å²) in [6, 6.07) is 0. The van der Waals surface area contributed by atoms with Crippen molar-refractivity contribution in [2.45, 2.75) is 52.4 Å². The van der Waals surface area contributed by atoms with Crippen LogP contribution in [0.15, 0.2) is 0 Å². The summed E-state index contributed by atoms with van der Waals surface area (Å²) in [5, 5.41) is 9.76. The molecule has 0 aromatic carbocycles. The van der Waals surface area contributed by atoms with E-state index in [1.165, 1.54) is 38.8 Å². The Morgan fingerprint density at radius 1 is 1.05 bits per heavy atom. The summed E-state index contributed by atoms with van der Waals surface area (Å²) < 4.78 is 5.61. The van der Waals surface area contributed by atoms with Gasteiger partial charge in [0.15, 0.2) is 0 Å². The molecule has 0 amide bonds. The third kappa shape index (κ3) is 3.50. The van der Waals surface area contributed by atoms with E-state index in [1.807, 2.05) is 0 Å². The van der Waals surface area contributed by atoms with Crippen LogP contribution in [0, 0.1) is 10.8 Å². The number of aliphatic hydroxyl groups excluding tert-OH is 1. The Bertz CT molecular complexity index is 260. The van der Waals surface area contributed by atoms with E-state index in [1.54, 1.807) is 0 Å². The first-order valence-electron chi connectivity index (χ1n) is 8.08. The van der Waals surface area contributed by atoms with Crippen LogP contribution in [0.2, 0.25) is 0 Å². The molecule has 112 valence electrons. The fraction of sp³-hybridized carbons (Fsp3) is 1.00. The monoisotopic (exact) mass is 269 g/mol. The van der Waals surface area contributed by atoms with Gasteiger partial charge < -0.3 is 14.7 Å². The van der Waals surface area contributed by atoms with Crippen LogP contribution in [0.25, 0.3) is 0 Å².